The number of aliphatic carboxylic acids is 1. The molecular formula is C15H13Cl2NO2S. The lowest BCUT2D eigenvalue weighted by atomic mass is 9.93. The standard InChI is InChI=1S/C15H13Cl2NO2S/c16-11-6-7-12(17)13(8-11)21-9-15(18,14(19)20)10-4-2-1-3-5-10/h1-8H,9,18H2,(H,19,20). The third-order valence-electron chi connectivity index (χ3n) is 3.02. The van der Waals surface area contributed by atoms with Crippen LogP contribution in [0.5, 0.6) is 0 Å². The maximum Gasteiger partial charge on any atom is 0.329 e. The first-order valence-corrected chi connectivity index (χ1v) is 7.83. The molecule has 2 aromatic rings. The Bertz CT molecular complexity index is 651. The molecule has 1 atom stereocenters. The molecule has 0 aliphatic rings. The van der Waals surface area contributed by atoms with E-state index in [0.29, 0.717) is 20.5 Å². The van der Waals surface area contributed by atoms with Gasteiger partial charge in [-0.15, -0.1) is 11.8 Å². The Balaban J connectivity index is 2.26. The van der Waals surface area contributed by atoms with Gasteiger partial charge in [-0.25, -0.2) is 4.79 Å². The largest absolute Gasteiger partial charge is 0.480 e. The van der Waals surface area contributed by atoms with Gasteiger partial charge in [0.05, 0.1) is 5.02 Å². The Morgan fingerprint density at radius 3 is 2.48 bits per heavy atom. The van der Waals surface area contributed by atoms with E-state index in [1.54, 1.807) is 42.5 Å². The first-order valence-electron chi connectivity index (χ1n) is 6.09. The van der Waals surface area contributed by atoms with Gasteiger partial charge < -0.3 is 10.8 Å². The van der Waals surface area contributed by atoms with Gasteiger partial charge in [-0.05, 0) is 23.8 Å². The molecule has 0 saturated heterocycles. The number of nitrogens with two attached hydrogens (primary N) is 1. The van der Waals surface area contributed by atoms with E-state index in [1.165, 1.54) is 11.8 Å². The lowest BCUT2D eigenvalue weighted by Gasteiger charge is -2.25. The molecule has 0 bridgehead atoms. The Hall–Kier alpha value is -1.20. The van der Waals surface area contributed by atoms with Gasteiger partial charge in [0, 0.05) is 15.7 Å². The Labute approximate surface area is 137 Å². The van der Waals surface area contributed by atoms with E-state index < -0.39 is 11.5 Å². The van der Waals surface area contributed by atoms with Crippen molar-refractivity contribution in [1.29, 1.82) is 0 Å². The molecule has 21 heavy (non-hydrogen) atoms. The van der Waals surface area contributed by atoms with Crippen molar-refractivity contribution in [2.45, 2.75) is 10.4 Å². The smallest absolute Gasteiger partial charge is 0.329 e. The van der Waals surface area contributed by atoms with Gasteiger partial charge in [0.2, 0.25) is 0 Å². The van der Waals surface area contributed by atoms with Gasteiger partial charge in [-0.2, -0.15) is 0 Å². The van der Waals surface area contributed by atoms with Crippen LogP contribution in [0.3, 0.4) is 0 Å². The maximum atomic E-state index is 11.6. The van der Waals surface area contributed by atoms with E-state index in [9.17, 15) is 9.90 Å². The number of benzene rings is 2. The highest BCUT2D eigenvalue weighted by atomic mass is 35.5. The first kappa shape index (κ1) is 16.2. The average molecular weight is 342 g/mol. The van der Waals surface area contributed by atoms with Crippen LogP contribution in [-0.2, 0) is 10.3 Å². The summed E-state index contributed by atoms with van der Waals surface area (Å²) in [4.78, 5) is 12.3. The monoisotopic (exact) mass is 341 g/mol. The lowest BCUT2D eigenvalue weighted by Crippen LogP contribution is -2.47. The molecule has 0 radical (unpaired) electrons. The van der Waals surface area contributed by atoms with Crippen LogP contribution in [0.1, 0.15) is 5.56 Å². The van der Waals surface area contributed by atoms with Crippen molar-refractivity contribution < 1.29 is 9.90 Å². The summed E-state index contributed by atoms with van der Waals surface area (Å²) < 4.78 is 0. The number of thioether (sulfide) groups is 1. The Morgan fingerprint density at radius 1 is 1.19 bits per heavy atom. The molecule has 0 aromatic heterocycles. The number of carboxylic acids is 1. The predicted octanol–water partition coefficient (Wildman–Crippen LogP) is 4.02. The minimum absolute atomic E-state index is 0.145. The molecule has 2 rings (SSSR count). The van der Waals surface area contributed by atoms with E-state index in [0.717, 1.165) is 0 Å². The number of rotatable bonds is 5. The molecule has 3 N–H and O–H groups in total. The molecular weight excluding hydrogens is 329 g/mol. The third-order valence-corrected chi connectivity index (χ3v) is 4.94. The van der Waals surface area contributed by atoms with Crippen LogP contribution in [0.25, 0.3) is 0 Å². The van der Waals surface area contributed by atoms with Crippen molar-refractivity contribution in [2.75, 3.05) is 5.75 Å². The van der Waals surface area contributed by atoms with Gasteiger partial charge in [-0.3, -0.25) is 0 Å². The van der Waals surface area contributed by atoms with Crippen molar-refractivity contribution in [3.05, 3.63) is 64.1 Å². The van der Waals surface area contributed by atoms with E-state index in [-0.39, 0.29) is 5.75 Å². The van der Waals surface area contributed by atoms with Crippen LogP contribution in [0.15, 0.2) is 53.4 Å². The molecule has 0 heterocycles. The lowest BCUT2D eigenvalue weighted by molar-refractivity contribution is -0.142. The van der Waals surface area contributed by atoms with Crippen LogP contribution in [0.2, 0.25) is 10.0 Å². The molecule has 0 spiro atoms. The topological polar surface area (TPSA) is 63.3 Å². The molecule has 0 aliphatic carbocycles. The van der Waals surface area contributed by atoms with Crippen molar-refractivity contribution in [3.63, 3.8) is 0 Å². The SMILES string of the molecule is NC(CSc1cc(Cl)ccc1Cl)(C(=O)O)c1ccccc1. The van der Waals surface area contributed by atoms with Gasteiger partial charge in [-0.1, -0.05) is 53.5 Å². The number of carboxylic acid groups (broad SMARTS) is 1. The summed E-state index contributed by atoms with van der Waals surface area (Å²) in [7, 11) is 0. The van der Waals surface area contributed by atoms with Crippen molar-refractivity contribution in [3.8, 4) is 0 Å². The summed E-state index contributed by atoms with van der Waals surface area (Å²) in [5.41, 5.74) is 5.16. The molecule has 1 unspecified atom stereocenters. The zero-order chi connectivity index (χ0) is 15.5. The molecule has 6 heteroatoms. The molecule has 0 amide bonds. The van der Waals surface area contributed by atoms with E-state index in [1.807, 2.05) is 6.07 Å². The average Bonchev–Trinajstić information content (AvgIpc) is 2.48. The van der Waals surface area contributed by atoms with Crippen LogP contribution in [0, 0.1) is 0 Å². The van der Waals surface area contributed by atoms with Crippen LogP contribution in [0.4, 0.5) is 0 Å². The molecule has 0 aliphatic heterocycles. The zero-order valence-electron chi connectivity index (χ0n) is 10.9. The number of hydrogen-bond acceptors (Lipinski definition) is 3. The summed E-state index contributed by atoms with van der Waals surface area (Å²) in [6.07, 6.45) is 0. The quantitative estimate of drug-likeness (QED) is 0.806. The summed E-state index contributed by atoms with van der Waals surface area (Å²) in [6.45, 7) is 0. The minimum atomic E-state index is -1.49. The number of halogens is 2. The van der Waals surface area contributed by atoms with Gasteiger partial charge in [0.1, 0.15) is 5.54 Å². The van der Waals surface area contributed by atoms with Crippen LogP contribution in [-0.4, -0.2) is 16.8 Å². The fourth-order valence-electron chi connectivity index (χ4n) is 1.78. The Kier molecular flexibility index (Phi) is 5.17. The maximum absolute atomic E-state index is 11.6. The molecule has 110 valence electrons. The second-order valence-corrected chi connectivity index (χ2v) is 6.37. The molecule has 3 nitrogen and oxygen atoms in total. The van der Waals surface area contributed by atoms with E-state index in [4.69, 9.17) is 28.9 Å². The van der Waals surface area contributed by atoms with Crippen molar-refractivity contribution >= 4 is 40.9 Å². The third kappa shape index (κ3) is 3.71. The van der Waals surface area contributed by atoms with Crippen LogP contribution < -0.4 is 5.73 Å². The Morgan fingerprint density at radius 2 is 1.86 bits per heavy atom. The zero-order valence-corrected chi connectivity index (χ0v) is 13.3. The summed E-state index contributed by atoms with van der Waals surface area (Å²) in [6, 6.07) is 13.8. The first-order chi connectivity index (χ1) is 9.93. The summed E-state index contributed by atoms with van der Waals surface area (Å²) in [5.74, 6) is -0.939. The fourth-order valence-corrected chi connectivity index (χ4v) is 3.39. The molecule has 0 saturated carbocycles. The van der Waals surface area contributed by atoms with Crippen molar-refractivity contribution in [2.24, 2.45) is 5.73 Å². The fraction of sp³-hybridized carbons (Fsp3) is 0.133. The van der Waals surface area contributed by atoms with Gasteiger partial charge in [0.15, 0.2) is 0 Å². The summed E-state index contributed by atoms with van der Waals surface area (Å²) >= 11 is 13.3. The number of carbonyl (C=O) groups is 1. The highest BCUT2D eigenvalue weighted by Gasteiger charge is 2.36. The normalized spacial score (nSPS) is 13.7. The second-order valence-electron chi connectivity index (χ2n) is 4.51. The van der Waals surface area contributed by atoms with Gasteiger partial charge >= 0.3 is 5.97 Å². The predicted molar refractivity (Wildman–Crippen MR) is 87.1 cm³/mol. The number of hydrogen-bond donors (Lipinski definition) is 2. The summed E-state index contributed by atoms with van der Waals surface area (Å²) in [5, 5.41) is 10.6. The van der Waals surface area contributed by atoms with Crippen molar-refractivity contribution in [1.82, 2.24) is 0 Å². The molecule has 0 fully saturated rings. The highest BCUT2D eigenvalue weighted by molar-refractivity contribution is 7.99. The molecule has 2 aromatic carbocycles. The van der Waals surface area contributed by atoms with E-state index in [2.05, 4.69) is 0 Å². The second kappa shape index (κ2) is 6.71. The van der Waals surface area contributed by atoms with Gasteiger partial charge in [0.25, 0.3) is 0 Å². The highest BCUT2D eigenvalue weighted by Crippen LogP contribution is 2.34. The van der Waals surface area contributed by atoms with Crippen LogP contribution >= 0.6 is 35.0 Å². The van der Waals surface area contributed by atoms with E-state index >= 15 is 0 Å². The minimum Gasteiger partial charge on any atom is -0.480 e.